The number of aromatic nitrogens is 1. The van der Waals surface area contributed by atoms with Crippen molar-refractivity contribution >= 4 is 34.8 Å². The highest BCUT2D eigenvalue weighted by Gasteiger charge is 2.13. The molecule has 0 aliphatic rings. The average Bonchev–Trinajstić information content (AvgIpc) is 2.41. The van der Waals surface area contributed by atoms with Crippen molar-refractivity contribution in [2.75, 3.05) is 11.1 Å². The molecule has 0 bridgehead atoms. The summed E-state index contributed by atoms with van der Waals surface area (Å²) in [5, 5.41) is 2.79. The SMILES string of the molecule is NC(=O)c1cc(NC(=O)c2ncccc2N)ccc1Cl. The number of hydrogen-bond donors (Lipinski definition) is 3. The number of carbonyl (C=O) groups excluding carboxylic acids is 2. The van der Waals surface area contributed by atoms with Gasteiger partial charge in [-0.25, -0.2) is 4.98 Å². The van der Waals surface area contributed by atoms with Gasteiger partial charge >= 0.3 is 0 Å². The van der Waals surface area contributed by atoms with Crippen LogP contribution in [0.3, 0.4) is 0 Å². The first-order valence-corrected chi connectivity index (χ1v) is 5.98. The molecule has 20 heavy (non-hydrogen) atoms. The quantitative estimate of drug-likeness (QED) is 0.798. The zero-order valence-corrected chi connectivity index (χ0v) is 11.0. The Kier molecular flexibility index (Phi) is 3.86. The van der Waals surface area contributed by atoms with Crippen molar-refractivity contribution in [1.82, 2.24) is 4.98 Å². The Hall–Kier alpha value is -2.60. The Morgan fingerprint density at radius 3 is 2.65 bits per heavy atom. The molecule has 2 aromatic rings. The number of primary amides is 1. The first kappa shape index (κ1) is 13.8. The molecular formula is C13H11ClN4O2. The lowest BCUT2D eigenvalue weighted by Crippen LogP contribution is -2.17. The number of pyridine rings is 1. The van der Waals surface area contributed by atoms with Crippen LogP contribution in [0.4, 0.5) is 11.4 Å². The molecular weight excluding hydrogens is 280 g/mol. The fraction of sp³-hybridized carbons (Fsp3) is 0. The first-order chi connectivity index (χ1) is 9.49. The molecule has 0 unspecified atom stereocenters. The van der Waals surface area contributed by atoms with Gasteiger partial charge in [0.15, 0.2) is 5.69 Å². The first-order valence-electron chi connectivity index (χ1n) is 5.60. The molecule has 1 aromatic carbocycles. The van der Waals surface area contributed by atoms with E-state index in [4.69, 9.17) is 23.1 Å². The van der Waals surface area contributed by atoms with Gasteiger partial charge in [0, 0.05) is 11.9 Å². The van der Waals surface area contributed by atoms with Crippen molar-refractivity contribution in [3.63, 3.8) is 0 Å². The lowest BCUT2D eigenvalue weighted by atomic mass is 10.2. The second-order valence-electron chi connectivity index (χ2n) is 3.95. The van der Waals surface area contributed by atoms with Gasteiger partial charge in [-0.3, -0.25) is 9.59 Å². The second-order valence-corrected chi connectivity index (χ2v) is 4.36. The molecule has 5 N–H and O–H groups in total. The predicted octanol–water partition coefficient (Wildman–Crippen LogP) is 1.67. The molecule has 0 fully saturated rings. The molecule has 2 rings (SSSR count). The number of nitrogen functional groups attached to an aromatic ring is 1. The summed E-state index contributed by atoms with van der Waals surface area (Å²) in [6.07, 6.45) is 1.46. The van der Waals surface area contributed by atoms with Gasteiger partial charge in [-0.2, -0.15) is 0 Å². The molecule has 7 heteroatoms. The van der Waals surface area contributed by atoms with Crippen LogP contribution in [0.15, 0.2) is 36.5 Å². The minimum atomic E-state index is -0.677. The van der Waals surface area contributed by atoms with E-state index < -0.39 is 11.8 Å². The fourth-order valence-corrected chi connectivity index (χ4v) is 1.80. The van der Waals surface area contributed by atoms with Crippen LogP contribution < -0.4 is 16.8 Å². The molecule has 1 heterocycles. The third-order valence-electron chi connectivity index (χ3n) is 2.54. The maximum absolute atomic E-state index is 12.0. The highest BCUT2D eigenvalue weighted by Crippen LogP contribution is 2.21. The summed E-state index contributed by atoms with van der Waals surface area (Å²) in [4.78, 5) is 27.1. The zero-order chi connectivity index (χ0) is 14.7. The Balaban J connectivity index is 2.27. The van der Waals surface area contributed by atoms with Gasteiger partial charge in [-0.15, -0.1) is 0 Å². The molecule has 0 spiro atoms. The molecule has 1 aromatic heterocycles. The number of amides is 2. The van der Waals surface area contributed by atoms with Crippen molar-refractivity contribution in [3.8, 4) is 0 Å². The number of rotatable bonds is 3. The zero-order valence-electron chi connectivity index (χ0n) is 10.3. The summed E-state index contributed by atoms with van der Waals surface area (Å²) in [7, 11) is 0. The average molecular weight is 291 g/mol. The molecule has 0 atom stereocenters. The summed E-state index contributed by atoms with van der Waals surface area (Å²) in [5.74, 6) is -1.16. The van der Waals surface area contributed by atoms with Crippen LogP contribution in [0.25, 0.3) is 0 Å². The van der Waals surface area contributed by atoms with Crippen LogP contribution in [-0.2, 0) is 0 Å². The molecule has 0 aliphatic carbocycles. The number of anilines is 2. The summed E-state index contributed by atoms with van der Waals surface area (Å²) >= 11 is 5.82. The van der Waals surface area contributed by atoms with Crippen LogP contribution in [0.5, 0.6) is 0 Å². The van der Waals surface area contributed by atoms with Gasteiger partial charge in [0.05, 0.1) is 16.3 Å². The number of nitrogens with one attached hydrogen (secondary N) is 1. The number of nitrogens with zero attached hydrogens (tertiary/aromatic N) is 1. The van der Waals surface area contributed by atoms with Gasteiger partial charge in [0.25, 0.3) is 5.91 Å². The van der Waals surface area contributed by atoms with E-state index >= 15 is 0 Å². The van der Waals surface area contributed by atoms with E-state index in [0.29, 0.717) is 5.69 Å². The Morgan fingerprint density at radius 1 is 1.25 bits per heavy atom. The molecule has 2 amide bonds. The maximum Gasteiger partial charge on any atom is 0.276 e. The summed E-state index contributed by atoms with van der Waals surface area (Å²) in [6.45, 7) is 0. The van der Waals surface area contributed by atoms with Gasteiger partial charge in [0.1, 0.15) is 0 Å². The smallest absolute Gasteiger partial charge is 0.276 e. The topological polar surface area (TPSA) is 111 Å². The standard InChI is InChI=1S/C13H11ClN4O2/c14-9-4-3-7(6-8(9)12(16)19)18-13(20)11-10(15)2-1-5-17-11/h1-6H,15H2,(H2,16,19)(H,18,20). The second kappa shape index (κ2) is 5.58. The van der Waals surface area contributed by atoms with E-state index in [1.54, 1.807) is 18.2 Å². The van der Waals surface area contributed by atoms with Gasteiger partial charge in [0.2, 0.25) is 5.91 Å². The molecule has 102 valence electrons. The number of hydrogen-bond acceptors (Lipinski definition) is 4. The van der Waals surface area contributed by atoms with Crippen LogP contribution in [-0.4, -0.2) is 16.8 Å². The highest BCUT2D eigenvalue weighted by molar-refractivity contribution is 6.34. The number of halogens is 1. The molecule has 0 saturated heterocycles. The largest absolute Gasteiger partial charge is 0.397 e. The van der Waals surface area contributed by atoms with E-state index in [-0.39, 0.29) is 22.0 Å². The third-order valence-corrected chi connectivity index (χ3v) is 2.87. The van der Waals surface area contributed by atoms with Crippen LogP contribution >= 0.6 is 11.6 Å². The van der Waals surface area contributed by atoms with Crippen LogP contribution in [0.2, 0.25) is 5.02 Å². The predicted molar refractivity (Wildman–Crippen MR) is 76.6 cm³/mol. The van der Waals surface area contributed by atoms with Gasteiger partial charge in [-0.1, -0.05) is 11.6 Å². The van der Waals surface area contributed by atoms with E-state index in [0.717, 1.165) is 0 Å². The van der Waals surface area contributed by atoms with Crippen molar-refractivity contribution in [2.45, 2.75) is 0 Å². The number of carbonyl (C=O) groups is 2. The maximum atomic E-state index is 12.0. The lowest BCUT2D eigenvalue weighted by Gasteiger charge is -2.08. The Bertz CT molecular complexity index is 688. The van der Waals surface area contributed by atoms with E-state index in [9.17, 15) is 9.59 Å². The fourth-order valence-electron chi connectivity index (χ4n) is 1.59. The van der Waals surface area contributed by atoms with Gasteiger partial charge in [-0.05, 0) is 30.3 Å². The number of benzene rings is 1. The molecule has 0 aliphatic heterocycles. The molecule has 0 saturated carbocycles. The normalized spacial score (nSPS) is 10.1. The van der Waals surface area contributed by atoms with E-state index in [1.807, 2.05) is 0 Å². The summed E-state index contributed by atoms with van der Waals surface area (Å²) < 4.78 is 0. The molecule has 6 nitrogen and oxygen atoms in total. The Labute approximate surface area is 119 Å². The minimum Gasteiger partial charge on any atom is -0.397 e. The molecule has 0 radical (unpaired) electrons. The van der Waals surface area contributed by atoms with Crippen molar-refractivity contribution in [2.24, 2.45) is 5.73 Å². The number of nitrogens with two attached hydrogens (primary N) is 2. The van der Waals surface area contributed by atoms with Gasteiger partial charge < -0.3 is 16.8 Å². The van der Waals surface area contributed by atoms with Crippen LogP contribution in [0.1, 0.15) is 20.8 Å². The third kappa shape index (κ3) is 2.86. The summed E-state index contributed by atoms with van der Waals surface area (Å²) in [5.41, 5.74) is 11.7. The highest BCUT2D eigenvalue weighted by atomic mass is 35.5. The summed E-state index contributed by atoms with van der Waals surface area (Å²) in [6, 6.07) is 7.60. The van der Waals surface area contributed by atoms with E-state index in [1.165, 1.54) is 18.3 Å². The Morgan fingerprint density at radius 2 is 2.00 bits per heavy atom. The van der Waals surface area contributed by atoms with E-state index in [2.05, 4.69) is 10.3 Å². The minimum absolute atomic E-state index is 0.100. The van der Waals surface area contributed by atoms with Crippen molar-refractivity contribution < 1.29 is 9.59 Å². The van der Waals surface area contributed by atoms with Crippen LogP contribution in [0, 0.1) is 0 Å². The monoisotopic (exact) mass is 290 g/mol. The van der Waals surface area contributed by atoms with Crippen molar-refractivity contribution in [1.29, 1.82) is 0 Å². The van der Waals surface area contributed by atoms with Crippen molar-refractivity contribution in [3.05, 3.63) is 52.8 Å². The lowest BCUT2D eigenvalue weighted by molar-refractivity contribution is 0.0995.